The Morgan fingerprint density at radius 1 is 1.14 bits per heavy atom. The number of pyridine rings is 2. The Morgan fingerprint density at radius 3 is 2.76 bits per heavy atom. The van der Waals surface area contributed by atoms with Crippen molar-refractivity contribution in [1.82, 2.24) is 25.3 Å². The Morgan fingerprint density at radius 2 is 1.97 bits per heavy atom. The Bertz CT molecular complexity index is 1010. The van der Waals surface area contributed by atoms with Gasteiger partial charge in [0.15, 0.2) is 0 Å². The molecule has 0 bridgehead atoms. The van der Waals surface area contributed by atoms with Crippen molar-refractivity contribution in [3.63, 3.8) is 0 Å². The molecule has 0 atom stereocenters. The number of nitrogens with one attached hydrogen (secondary N) is 2. The highest BCUT2D eigenvalue weighted by Gasteiger charge is 2.21. The minimum atomic E-state index is 0.138. The van der Waals surface area contributed by atoms with Crippen molar-refractivity contribution < 1.29 is 4.79 Å². The van der Waals surface area contributed by atoms with Gasteiger partial charge in [-0.15, -0.1) is 0 Å². The smallest absolute Gasteiger partial charge is 0.145 e. The number of nitrogens with zero attached hydrogens (tertiary/aromatic N) is 4. The maximum atomic E-state index is 12.6. The minimum Gasteiger partial charge on any atom is -0.367 e. The highest BCUT2D eigenvalue weighted by atomic mass is 16.1. The number of hydrogen-bond donors (Lipinski definition) is 2. The van der Waals surface area contributed by atoms with Gasteiger partial charge >= 0.3 is 0 Å². The van der Waals surface area contributed by atoms with Crippen LogP contribution in [0.4, 0.5) is 5.82 Å². The number of fused-ring (bicyclic) bond motifs is 1. The van der Waals surface area contributed by atoms with E-state index >= 15 is 0 Å². The molecule has 1 aliphatic heterocycles. The maximum Gasteiger partial charge on any atom is 0.145 e. The third kappa shape index (κ3) is 4.74. The first kappa shape index (κ1) is 19.4. The lowest BCUT2D eigenvalue weighted by Crippen LogP contribution is -2.32. The molecule has 1 fully saturated rings. The summed E-state index contributed by atoms with van der Waals surface area (Å²) in [7, 11) is 0. The van der Waals surface area contributed by atoms with Crippen LogP contribution in [0.25, 0.3) is 22.3 Å². The van der Waals surface area contributed by atoms with Gasteiger partial charge in [-0.3, -0.25) is 14.8 Å². The molecule has 7 heteroatoms. The second kappa shape index (κ2) is 8.61. The lowest BCUT2D eigenvalue weighted by molar-refractivity contribution is -0.123. The van der Waals surface area contributed by atoms with Crippen LogP contribution >= 0.6 is 0 Å². The van der Waals surface area contributed by atoms with Crippen molar-refractivity contribution >= 4 is 22.5 Å². The number of rotatable bonds is 6. The molecule has 1 saturated heterocycles. The van der Waals surface area contributed by atoms with Gasteiger partial charge in [0.1, 0.15) is 17.3 Å². The van der Waals surface area contributed by atoms with Crippen LogP contribution in [0.1, 0.15) is 32.4 Å². The quantitative estimate of drug-likeness (QED) is 0.668. The summed E-state index contributed by atoms with van der Waals surface area (Å²) in [5.74, 6) is 1.13. The van der Waals surface area contributed by atoms with Gasteiger partial charge in [0.2, 0.25) is 0 Å². The molecule has 3 aromatic rings. The predicted octanol–water partition coefficient (Wildman–Crippen LogP) is 3.02. The predicted molar refractivity (Wildman–Crippen MR) is 114 cm³/mol. The molecular formula is C22H26N6O. The van der Waals surface area contributed by atoms with Crippen LogP contribution in [0.2, 0.25) is 0 Å². The highest BCUT2D eigenvalue weighted by Crippen LogP contribution is 2.21. The second-order valence-electron chi connectivity index (χ2n) is 7.82. The molecule has 4 rings (SSSR count). The molecule has 3 aromatic heterocycles. The third-order valence-electron chi connectivity index (χ3n) is 5.11. The van der Waals surface area contributed by atoms with Gasteiger partial charge < -0.3 is 10.6 Å². The van der Waals surface area contributed by atoms with Gasteiger partial charge in [-0.25, -0.2) is 9.97 Å². The monoisotopic (exact) mass is 390 g/mol. The summed E-state index contributed by atoms with van der Waals surface area (Å²) in [6.45, 7) is 5.95. The standard InChI is InChI=1S/C22H26N6O/c1-14(2)26-22-13-24-12-20(28-22)18-4-3-16-11-25-17(9-19(16)27-18)10-21(29)15-5-7-23-8-6-15/h3-4,9,11-15,23H,5-8,10H2,1-2H3,(H,26,28). The topological polar surface area (TPSA) is 92.7 Å². The molecular weight excluding hydrogens is 364 g/mol. The second-order valence-corrected chi connectivity index (χ2v) is 7.82. The number of carbonyl (C=O) groups excluding carboxylic acids is 1. The molecule has 7 nitrogen and oxygen atoms in total. The van der Waals surface area contributed by atoms with E-state index in [9.17, 15) is 4.79 Å². The molecule has 0 unspecified atom stereocenters. The van der Waals surface area contributed by atoms with Gasteiger partial charge in [0.05, 0.1) is 23.6 Å². The van der Waals surface area contributed by atoms with Gasteiger partial charge in [0, 0.05) is 35.7 Å². The molecule has 29 heavy (non-hydrogen) atoms. The summed E-state index contributed by atoms with van der Waals surface area (Å²) in [6, 6.07) is 6.09. The first-order chi connectivity index (χ1) is 14.1. The van der Waals surface area contributed by atoms with Gasteiger partial charge in [-0.2, -0.15) is 0 Å². The van der Waals surface area contributed by atoms with E-state index in [0.29, 0.717) is 12.1 Å². The molecule has 0 radical (unpaired) electrons. The summed E-state index contributed by atoms with van der Waals surface area (Å²) in [4.78, 5) is 30.7. The molecule has 4 heterocycles. The van der Waals surface area contributed by atoms with Crippen molar-refractivity contribution in [2.45, 2.75) is 39.2 Å². The first-order valence-corrected chi connectivity index (χ1v) is 10.2. The Hall–Kier alpha value is -2.93. The fourth-order valence-corrected chi connectivity index (χ4v) is 3.62. The highest BCUT2D eigenvalue weighted by molar-refractivity contribution is 5.85. The van der Waals surface area contributed by atoms with E-state index in [4.69, 9.17) is 4.98 Å². The third-order valence-corrected chi connectivity index (χ3v) is 5.11. The van der Waals surface area contributed by atoms with Crippen molar-refractivity contribution in [3.8, 4) is 11.4 Å². The average molecular weight is 390 g/mol. The van der Waals surface area contributed by atoms with Crippen LogP contribution in [0.3, 0.4) is 0 Å². The number of anilines is 1. The molecule has 0 saturated carbocycles. The van der Waals surface area contributed by atoms with E-state index in [-0.39, 0.29) is 17.7 Å². The maximum absolute atomic E-state index is 12.6. The Kier molecular flexibility index (Phi) is 5.76. The SMILES string of the molecule is CC(C)Nc1cncc(-c2ccc3cnc(CC(=O)C4CCNCC4)cc3n2)n1. The van der Waals surface area contributed by atoms with E-state index in [1.54, 1.807) is 18.6 Å². The lowest BCUT2D eigenvalue weighted by Gasteiger charge is -2.21. The van der Waals surface area contributed by atoms with E-state index in [1.165, 1.54) is 0 Å². The molecule has 2 N–H and O–H groups in total. The Balaban J connectivity index is 1.57. The fourth-order valence-electron chi connectivity index (χ4n) is 3.62. The number of piperidine rings is 1. The first-order valence-electron chi connectivity index (χ1n) is 10.2. The van der Waals surface area contributed by atoms with Crippen LogP contribution in [-0.4, -0.2) is 44.9 Å². The van der Waals surface area contributed by atoms with Crippen LogP contribution in [0.15, 0.2) is 36.8 Å². The van der Waals surface area contributed by atoms with Gasteiger partial charge in [-0.1, -0.05) is 0 Å². The zero-order valence-corrected chi connectivity index (χ0v) is 16.9. The minimum absolute atomic E-state index is 0.138. The molecule has 150 valence electrons. The van der Waals surface area contributed by atoms with E-state index in [2.05, 4.69) is 39.4 Å². The van der Waals surface area contributed by atoms with Crippen LogP contribution < -0.4 is 10.6 Å². The summed E-state index contributed by atoms with van der Waals surface area (Å²) in [5.41, 5.74) is 3.04. The van der Waals surface area contributed by atoms with Crippen molar-refractivity contribution in [3.05, 3.63) is 42.5 Å². The summed E-state index contributed by atoms with van der Waals surface area (Å²) in [6.07, 6.45) is 7.39. The van der Waals surface area contributed by atoms with Gasteiger partial charge in [-0.05, 0) is 58.0 Å². The number of carbonyl (C=O) groups is 1. The zero-order chi connectivity index (χ0) is 20.2. The van der Waals surface area contributed by atoms with E-state index in [1.807, 2.05) is 18.2 Å². The van der Waals surface area contributed by atoms with Crippen molar-refractivity contribution in [2.75, 3.05) is 18.4 Å². The summed E-state index contributed by atoms with van der Waals surface area (Å²) in [5, 5.41) is 7.50. The summed E-state index contributed by atoms with van der Waals surface area (Å²) < 4.78 is 0. The van der Waals surface area contributed by atoms with Crippen LogP contribution in [0.5, 0.6) is 0 Å². The van der Waals surface area contributed by atoms with Crippen LogP contribution in [-0.2, 0) is 11.2 Å². The number of ketones is 1. The molecule has 0 spiro atoms. The lowest BCUT2D eigenvalue weighted by atomic mass is 9.91. The Labute approximate surface area is 170 Å². The number of hydrogen-bond acceptors (Lipinski definition) is 7. The summed E-state index contributed by atoms with van der Waals surface area (Å²) >= 11 is 0. The molecule has 0 amide bonds. The van der Waals surface area contributed by atoms with E-state index < -0.39 is 0 Å². The van der Waals surface area contributed by atoms with Crippen molar-refractivity contribution in [2.24, 2.45) is 5.92 Å². The van der Waals surface area contributed by atoms with Gasteiger partial charge in [0.25, 0.3) is 0 Å². The molecule has 0 aromatic carbocycles. The van der Waals surface area contributed by atoms with Crippen LogP contribution in [0, 0.1) is 5.92 Å². The fraction of sp³-hybridized carbons (Fsp3) is 0.409. The molecule has 1 aliphatic rings. The van der Waals surface area contributed by atoms with Crippen molar-refractivity contribution in [1.29, 1.82) is 0 Å². The largest absolute Gasteiger partial charge is 0.367 e. The van der Waals surface area contributed by atoms with E-state index in [0.717, 1.165) is 54.0 Å². The number of Topliss-reactive ketones (excluding diaryl/α,β-unsaturated/α-hetero) is 1. The number of aromatic nitrogens is 4. The average Bonchev–Trinajstić information content (AvgIpc) is 2.73. The normalized spacial score (nSPS) is 15.0. The zero-order valence-electron chi connectivity index (χ0n) is 16.9. The molecule has 0 aliphatic carbocycles.